The predicted octanol–water partition coefficient (Wildman–Crippen LogP) is 0.238. The first-order valence-corrected chi connectivity index (χ1v) is 8.94. The summed E-state index contributed by atoms with van der Waals surface area (Å²) < 4.78 is 5.20. The van der Waals surface area contributed by atoms with Crippen LogP contribution in [0.1, 0.15) is 18.4 Å². The zero-order chi connectivity index (χ0) is 18.5. The van der Waals surface area contributed by atoms with Crippen LogP contribution in [0.5, 0.6) is 5.75 Å². The molecular formula is C19H23N3O4. The Labute approximate surface area is 152 Å². The third-order valence-electron chi connectivity index (χ3n) is 5.82. The van der Waals surface area contributed by atoms with E-state index in [1.807, 2.05) is 24.3 Å². The molecule has 2 saturated heterocycles. The number of hydrogen-bond donors (Lipinski definition) is 0. The summed E-state index contributed by atoms with van der Waals surface area (Å²) >= 11 is 0. The highest BCUT2D eigenvalue weighted by Crippen LogP contribution is 2.50. The van der Waals surface area contributed by atoms with Crippen LogP contribution in [0, 0.1) is 0 Å². The summed E-state index contributed by atoms with van der Waals surface area (Å²) in [7, 11) is 3.25. The quantitative estimate of drug-likeness (QED) is 0.777. The van der Waals surface area contributed by atoms with Crippen LogP contribution < -0.4 is 4.74 Å². The number of carbonyl (C=O) groups is 3. The number of piperazine rings is 2. The van der Waals surface area contributed by atoms with Crippen LogP contribution in [-0.2, 0) is 19.8 Å². The van der Waals surface area contributed by atoms with Crippen molar-refractivity contribution in [2.75, 3.05) is 40.3 Å². The highest BCUT2D eigenvalue weighted by molar-refractivity contribution is 5.97. The fourth-order valence-electron chi connectivity index (χ4n) is 4.07. The molecule has 2 aliphatic heterocycles. The maximum absolute atomic E-state index is 13.2. The summed E-state index contributed by atoms with van der Waals surface area (Å²) in [5, 5.41) is 0. The fourth-order valence-corrected chi connectivity index (χ4v) is 4.07. The Morgan fingerprint density at radius 3 is 2.46 bits per heavy atom. The molecule has 7 heteroatoms. The van der Waals surface area contributed by atoms with Gasteiger partial charge in [0.05, 0.1) is 25.6 Å². The minimum absolute atomic E-state index is 0.0412. The van der Waals surface area contributed by atoms with Gasteiger partial charge in [-0.3, -0.25) is 14.4 Å². The predicted molar refractivity (Wildman–Crippen MR) is 93.6 cm³/mol. The van der Waals surface area contributed by atoms with Crippen LogP contribution >= 0.6 is 0 Å². The molecule has 0 radical (unpaired) electrons. The molecule has 0 bridgehead atoms. The standard InChI is InChI=1S/C19H23N3O4/c1-20-12-16(23)22-10-9-21(11-15(22)17(20)24)18(25)19(7-8-19)13-3-5-14(26-2)6-4-13/h3-6,15H,7-12H2,1-2H3/t15-/m0/s1. The summed E-state index contributed by atoms with van der Waals surface area (Å²) in [6.07, 6.45) is 1.63. The number of carbonyl (C=O) groups excluding carboxylic acids is 3. The van der Waals surface area contributed by atoms with Gasteiger partial charge in [-0.15, -0.1) is 0 Å². The van der Waals surface area contributed by atoms with Crippen LogP contribution in [0.4, 0.5) is 0 Å². The van der Waals surface area contributed by atoms with Gasteiger partial charge >= 0.3 is 0 Å². The zero-order valence-electron chi connectivity index (χ0n) is 15.1. The van der Waals surface area contributed by atoms with Crippen molar-refractivity contribution in [3.05, 3.63) is 29.8 Å². The van der Waals surface area contributed by atoms with Crippen molar-refractivity contribution < 1.29 is 19.1 Å². The summed E-state index contributed by atoms with van der Waals surface area (Å²) in [6, 6.07) is 7.09. The maximum Gasteiger partial charge on any atom is 0.247 e. The maximum atomic E-state index is 13.2. The average molecular weight is 357 g/mol. The number of ether oxygens (including phenoxy) is 1. The topological polar surface area (TPSA) is 70.2 Å². The molecule has 138 valence electrons. The molecule has 1 aliphatic carbocycles. The van der Waals surface area contributed by atoms with Crippen LogP contribution in [0.15, 0.2) is 24.3 Å². The van der Waals surface area contributed by atoms with Crippen LogP contribution in [0.25, 0.3) is 0 Å². The van der Waals surface area contributed by atoms with Crippen molar-refractivity contribution in [1.82, 2.24) is 14.7 Å². The first-order chi connectivity index (χ1) is 12.5. The molecule has 1 aromatic carbocycles. The Morgan fingerprint density at radius 2 is 1.85 bits per heavy atom. The normalized spacial score (nSPS) is 24.4. The molecule has 1 atom stereocenters. The molecule has 0 N–H and O–H groups in total. The number of hydrogen-bond acceptors (Lipinski definition) is 4. The van der Waals surface area contributed by atoms with E-state index in [0.29, 0.717) is 13.1 Å². The van der Waals surface area contributed by atoms with Gasteiger partial charge in [-0.2, -0.15) is 0 Å². The second kappa shape index (κ2) is 6.00. The van der Waals surface area contributed by atoms with Crippen molar-refractivity contribution in [3.63, 3.8) is 0 Å². The molecule has 2 heterocycles. The highest BCUT2D eigenvalue weighted by Gasteiger charge is 2.54. The molecule has 0 unspecified atom stereocenters. The molecule has 4 rings (SSSR count). The lowest BCUT2D eigenvalue weighted by molar-refractivity contribution is -0.160. The number of benzene rings is 1. The molecule has 1 saturated carbocycles. The number of rotatable bonds is 3. The van der Waals surface area contributed by atoms with E-state index in [0.717, 1.165) is 24.2 Å². The van der Waals surface area contributed by atoms with Crippen molar-refractivity contribution >= 4 is 17.7 Å². The summed E-state index contributed by atoms with van der Waals surface area (Å²) in [5.41, 5.74) is 0.510. The van der Waals surface area contributed by atoms with E-state index in [2.05, 4.69) is 0 Å². The first kappa shape index (κ1) is 16.9. The van der Waals surface area contributed by atoms with Gasteiger partial charge in [0, 0.05) is 20.1 Å². The second-order valence-corrected chi connectivity index (χ2v) is 7.36. The molecule has 3 amide bonds. The molecule has 0 spiro atoms. The van der Waals surface area contributed by atoms with Crippen LogP contribution in [0.3, 0.4) is 0 Å². The van der Waals surface area contributed by atoms with E-state index in [1.54, 1.807) is 24.0 Å². The fraction of sp³-hybridized carbons (Fsp3) is 0.526. The minimum Gasteiger partial charge on any atom is -0.497 e. The number of likely N-dealkylation sites (N-methyl/N-ethyl adjacent to an activating group) is 1. The van der Waals surface area contributed by atoms with Crippen LogP contribution in [-0.4, -0.2) is 78.8 Å². The number of amides is 3. The Bertz CT molecular complexity index is 757. The number of nitrogens with zero attached hydrogens (tertiary/aromatic N) is 3. The van der Waals surface area contributed by atoms with E-state index >= 15 is 0 Å². The van der Waals surface area contributed by atoms with Gasteiger partial charge in [0.15, 0.2) is 0 Å². The Balaban J connectivity index is 1.53. The molecule has 3 aliphatic rings. The first-order valence-electron chi connectivity index (χ1n) is 8.94. The third-order valence-corrected chi connectivity index (χ3v) is 5.82. The zero-order valence-corrected chi connectivity index (χ0v) is 15.1. The van der Waals surface area contributed by atoms with Gasteiger partial charge in [-0.25, -0.2) is 0 Å². The van der Waals surface area contributed by atoms with Gasteiger partial charge < -0.3 is 19.4 Å². The molecule has 1 aromatic rings. The lowest BCUT2D eigenvalue weighted by Crippen LogP contribution is -2.67. The van der Waals surface area contributed by atoms with Gasteiger partial charge in [-0.05, 0) is 30.5 Å². The highest BCUT2D eigenvalue weighted by atomic mass is 16.5. The van der Waals surface area contributed by atoms with Gasteiger partial charge in [0.2, 0.25) is 17.7 Å². The van der Waals surface area contributed by atoms with E-state index in [-0.39, 0.29) is 30.8 Å². The van der Waals surface area contributed by atoms with Gasteiger partial charge in [0.1, 0.15) is 11.8 Å². The van der Waals surface area contributed by atoms with E-state index in [9.17, 15) is 14.4 Å². The Kier molecular flexibility index (Phi) is 3.89. The number of fused-ring (bicyclic) bond motifs is 1. The van der Waals surface area contributed by atoms with Crippen LogP contribution in [0.2, 0.25) is 0 Å². The van der Waals surface area contributed by atoms with Crippen molar-refractivity contribution in [1.29, 1.82) is 0 Å². The summed E-state index contributed by atoms with van der Waals surface area (Å²) in [4.78, 5) is 42.7. The molecule has 26 heavy (non-hydrogen) atoms. The third kappa shape index (κ3) is 2.53. The monoisotopic (exact) mass is 357 g/mol. The van der Waals surface area contributed by atoms with Crippen molar-refractivity contribution in [2.24, 2.45) is 0 Å². The van der Waals surface area contributed by atoms with Crippen molar-refractivity contribution in [3.8, 4) is 5.75 Å². The van der Waals surface area contributed by atoms with E-state index in [1.165, 1.54) is 4.90 Å². The van der Waals surface area contributed by atoms with Gasteiger partial charge in [0.25, 0.3) is 0 Å². The lowest BCUT2D eigenvalue weighted by Gasteiger charge is -2.45. The largest absolute Gasteiger partial charge is 0.497 e. The Morgan fingerprint density at radius 1 is 1.15 bits per heavy atom. The lowest BCUT2D eigenvalue weighted by atomic mass is 9.93. The molecule has 7 nitrogen and oxygen atoms in total. The molecule has 3 fully saturated rings. The minimum atomic E-state index is -0.550. The second-order valence-electron chi connectivity index (χ2n) is 7.36. The smallest absolute Gasteiger partial charge is 0.247 e. The summed E-state index contributed by atoms with van der Waals surface area (Å²) in [5.74, 6) is 0.702. The number of methoxy groups -OCH3 is 1. The van der Waals surface area contributed by atoms with E-state index < -0.39 is 11.5 Å². The Hall–Kier alpha value is -2.57. The average Bonchev–Trinajstić information content (AvgIpc) is 3.47. The molecule has 0 aromatic heterocycles. The SMILES string of the molecule is COc1ccc(C2(C(=O)N3CCN4C(=O)CN(C)C(=O)[C@@H]4C3)CC2)cc1. The van der Waals surface area contributed by atoms with Gasteiger partial charge in [-0.1, -0.05) is 12.1 Å². The molecular weight excluding hydrogens is 334 g/mol. The summed E-state index contributed by atoms with van der Waals surface area (Å²) in [6.45, 7) is 1.31. The van der Waals surface area contributed by atoms with Crippen molar-refractivity contribution in [2.45, 2.75) is 24.3 Å². The van der Waals surface area contributed by atoms with E-state index in [4.69, 9.17) is 4.74 Å².